The molecule has 1 aliphatic carbocycles. The van der Waals surface area contributed by atoms with Crippen molar-refractivity contribution < 1.29 is 9.53 Å². The number of hydrogen-bond acceptors (Lipinski definition) is 4. The molecule has 4 nitrogen and oxygen atoms in total. The van der Waals surface area contributed by atoms with Gasteiger partial charge in [-0.2, -0.15) is 0 Å². The summed E-state index contributed by atoms with van der Waals surface area (Å²) in [7, 11) is 1.50. The molecule has 2 rings (SSSR count). The number of nitrogens with one attached hydrogen (secondary N) is 1. The fourth-order valence-electron chi connectivity index (χ4n) is 4.21. The summed E-state index contributed by atoms with van der Waals surface area (Å²) >= 11 is 0. The Morgan fingerprint density at radius 2 is 2.05 bits per heavy atom. The number of hydrogen-bond donors (Lipinski definition) is 1. The normalized spacial score (nSPS) is 33.8. The largest absolute Gasteiger partial charge is 0.468 e. The zero-order chi connectivity index (χ0) is 15.0. The molecule has 0 aromatic rings. The minimum Gasteiger partial charge on any atom is -0.468 e. The Hall–Kier alpha value is -0.610. The summed E-state index contributed by atoms with van der Waals surface area (Å²) in [6.07, 6.45) is 5.37. The van der Waals surface area contributed by atoms with E-state index in [2.05, 4.69) is 37.9 Å². The Kier molecular flexibility index (Phi) is 4.45. The molecule has 2 aliphatic rings. The highest BCUT2D eigenvalue weighted by Crippen LogP contribution is 2.40. The van der Waals surface area contributed by atoms with E-state index in [1.807, 2.05) is 0 Å². The first-order valence-corrected chi connectivity index (χ1v) is 7.94. The molecule has 2 fully saturated rings. The number of esters is 1. The van der Waals surface area contributed by atoms with E-state index in [-0.39, 0.29) is 11.5 Å². The average Bonchev–Trinajstić information content (AvgIpc) is 2.91. The van der Waals surface area contributed by atoms with Crippen molar-refractivity contribution in [1.29, 1.82) is 0 Å². The van der Waals surface area contributed by atoms with E-state index >= 15 is 0 Å². The molecule has 20 heavy (non-hydrogen) atoms. The molecule has 0 amide bonds. The van der Waals surface area contributed by atoms with E-state index in [4.69, 9.17) is 4.74 Å². The Bertz CT molecular complexity index is 367. The van der Waals surface area contributed by atoms with E-state index in [9.17, 15) is 4.79 Å². The predicted octanol–water partition coefficient (Wildman–Crippen LogP) is 2.32. The molecule has 0 aromatic carbocycles. The van der Waals surface area contributed by atoms with Crippen molar-refractivity contribution >= 4 is 5.97 Å². The van der Waals surface area contributed by atoms with Gasteiger partial charge in [0.2, 0.25) is 0 Å². The van der Waals surface area contributed by atoms with Crippen LogP contribution in [0.15, 0.2) is 0 Å². The van der Waals surface area contributed by atoms with Gasteiger partial charge in [0, 0.05) is 17.6 Å². The van der Waals surface area contributed by atoms with Gasteiger partial charge < -0.3 is 4.74 Å². The van der Waals surface area contributed by atoms with E-state index in [0.717, 1.165) is 25.8 Å². The molecule has 0 spiro atoms. The zero-order valence-corrected chi connectivity index (χ0v) is 13.7. The minimum atomic E-state index is -0.480. The summed E-state index contributed by atoms with van der Waals surface area (Å²) < 4.78 is 5.08. The van der Waals surface area contributed by atoms with E-state index < -0.39 is 5.54 Å². The molecule has 4 heteroatoms. The average molecular weight is 282 g/mol. The SMILES string of the molecule is COC(=O)C1(NC(C)C)CCC(N2CCCC2(C)C)C1. The highest BCUT2D eigenvalue weighted by atomic mass is 16.5. The fourth-order valence-corrected chi connectivity index (χ4v) is 4.21. The Balaban J connectivity index is 2.13. The lowest BCUT2D eigenvalue weighted by atomic mass is 9.95. The van der Waals surface area contributed by atoms with Crippen LogP contribution in [0, 0.1) is 0 Å². The number of ether oxygens (including phenoxy) is 1. The van der Waals surface area contributed by atoms with Crippen LogP contribution in [-0.2, 0) is 9.53 Å². The second-order valence-corrected chi connectivity index (χ2v) is 7.38. The number of rotatable bonds is 4. The Morgan fingerprint density at radius 1 is 1.35 bits per heavy atom. The van der Waals surface area contributed by atoms with Gasteiger partial charge in [0.05, 0.1) is 7.11 Å². The van der Waals surface area contributed by atoms with Gasteiger partial charge in [0.15, 0.2) is 0 Å². The topological polar surface area (TPSA) is 41.6 Å². The van der Waals surface area contributed by atoms with Crippen molar-refractivity contribution in [2.45, 2.75) is 83.0 Å². The lowest BCUT2D eigenvalue weighted by molar-refractivity contribution is -0.149. The zero-order valence-electron chi connectivity index (χ0n) is 13.7. The van der Waals surface area contributed by atoms with Gasteiger partial charge in [0.1, 0.15) is 5.54 Å². The number of nitrogens with zero attached hydrogens (tertiary/aromatic N) is 1. The van der Waals surface area contributed by atoms with Crippen LogP contribution in [0.1, 0.15) is 59.8 Å². The van der Waals surface area contributed by atoms with Crippen LogP contribution in [0.3, 0.4) is 0 Å². The molecule has 1 saturated carbocycles. The molecule has 2 unspecified atom stereocenters. The van der Waals surface area contributed by atoms with Crippen molar-refractivity contribution in [3.8, 4) is 0 Å². The van der Waals surface area contributed by atoms with Crippen LogP contribution in [0.2, 0.25) is 0 Å². The number of likely N-dealkylation sites (tertiary alicyclic amines) is 1. The van der Waals surface area contributed by atoms with Crippen LogP contribution in [0.25, 0.3) is 0 Å². The van der Waals surface area contributed by atoms with Gasteiger partial charge in [0.25, 0.3) is 0 Å². The van der Waals surface area contributed by atoms with Crippen molar-refractivity contribution in [3.63, 3.8) is 0 Å². The molecule has 0 aromatic heterocycles. The molecule has 1 N–H and O–H groups in total. The monoisotopic (exact) mass is 282 g/mol. The van der Waals surface area contributed by atoms with Gasteiger partial charge >= 0.3 is 5.97 Å². The third kappa shape index (κ3) is 2.86. The van der Waals surface area contributed by atoms with Crippen LogP contribution in [0.4, 0.5) is 0 Å². The summed E-state index contributed by atoms with van der Waals surface area (Å²) in [5.74, 6) is -0.0919. The van der Waals surface area contributed by atoms with Crippen molar-refractivity contribution in [2.24, 2.45) is 0 Å². The van der Waals surface area contributed by atoms with E-state index in [1.54, 1.807) is 0 Å². The second-order valence-electron chi connectivity index (χ2n) is 7.38. The first kappa shape index (κ1) is 15.8. The van der Waals surface area contributed by atoms with E-state index in [1.165, 1.54) is 20.0 Å². The van der Waals surface area contributed by atoms with Gasteiger partial charge in [-0.25, -0.2) is 0 Å². The molecular weight excluding hydrogens is 252 g/mol. The first-order chi connectivity index (χ1) is 9.31. The molecule has 2 atom stereocenters. The molecule has 0 radical (unpaired) electrons. The molecule has 0 bridgehead atoms. The highest BCUT2D eigenvalue weighted by molar-refractivity contribution is 5.81. The lowest BCUT2D eigenvalue weighted by Crippen LogP contribution is -2.55. The molecule has 1 heterocycles. The summed E-state index contributed by atoms with van der Waals surface area (Å²) in [6.45, 7) is 10.0. The van der Waals surface area contributed by atoms with Gasteiger partial charge in [-0.3, -0.25) is 15.0 Å². The summed E-state index contributed by atoms with van der Waals surface area (Å²) in [6, 6.07) is 0.789. The number of carbonyl (C=O) groups excluding carboxylic acids is 1. The maximum absolute atomic E-state index is 12.3. The van der Waals surface area contributed by atoms with E-state index in [0.29, 0.717) is 12.1 Å². The standard InChI is InChI=1S/C16H30N2O2/c1-12(2)17-16(14(19)20-5)9-7-13(11-16)18-10-6-8-15(18,3)4/h12-13,17H,6-11H2,1-5H3. The first-order valence-electron chi connectivity index (χ1n) is 7.94. The Labute approximate surface area is 123 Å². The summed E-state index contributed by atoms with van der Waals surface area (Å²) in [4.78, 5) is 14.9. The third-order valence-corrected chi connectivity index (χ3v) is 5.04. The number of carbonyl (C=O) groups is 1. The lowest BCUT2D eigenvalue weighted by Gasteiger charge is -2.38. The maximum Gasteiger partial charge on any atom is 0.326 e. The number of methoxy groups -OCH3 is 1. The molecule has 1 aliphatic heterocycles. The highest BCUT2D eigenvalue weighted by Gasteiger charge is 2.50. The smallest absolute Gasteiger partial charge is 0.326 e. The maximum atomic E-state index is 12.3. The molecule has 1 saturated heterocycles. The third-order valence-electron chi connectivity index (χ3n) is 5.04. The fraction of sp³-hybridized carbons (Fsp3) is 0.938. The summed E-state index contributed by atoms with van der Waals surface area (Å²) in [5.41, 5.74) is -0.207. The van der Waals surface area contributed by atoms with Gasteiger partial charge in [-0.1, -0.05) is 0 Å². The molecule has 116 valence electrons. The minimum absolute atomic E-state index is 0.0919. The quantitative estimate of drug-likeness (QED) is 0.804. The van der Waals surface area contributed by atoms with Crippen molar-refractivity contribution in [1.82, 2.24) is 10.2 Å². The van der Waals surface area contributed by atoms with Crippen molar-refractivity contribution in [3.05, 3.63) is 0 Å². The predicted molar refractivity (Wildman–Crippen MR) is 80.7 cm³/mol. The van der Waals surface area contributed by atoms with Crippen molar-refractivity contribution in [2.75, 3.05) is 13.7 Å². The second kappa shape index (κ2) is 5.64. The molecular formula is C16H30N2O2. The van der Waals surface area contributed by atoms with Crippen LogP contribution >= 0.6 is 0 Å². The Morgan fingerprint density at radius 3 is 2.55 bits per heavy atom. The van der Waals surface area contributed by atoms with Crippen LogP contribution < -0.4 is 5.32 Å². The van der Waals surface area contributed by atoms with Crippen LogP contribution in [-0.4, -0.2) is 47.7 Å². The van der Waals surface area contributed by atoms with Crippen LogP contribution in [0.5, 0.6) is 0 Å². The summed E-state index contributed by atoms with van der Waals surface area (Å²) in [5, 5.41) is 3.49. The van der Waals surface area contributed by atoms with Gasteiger partial charge in [-0.15, -0.1) is 0 Å². The van der Waals surface area contributed by atoms with Gasteiger partial charge in [-0.05, 0) is 66.3 Å².